The van der Waals surface area contributed by atoms with Crippen LogP contribution in [0, 0.1) is 6.92 Å². The smallest absolute Gasteiger partial charge is 0.131 e. The van der Waals surface area contributed by atoms with Crippen LogP contribution >= 0.6 is 39.3 Å². The van der Waals surface area contributed by atoms with E-state index in [-0.39, 0.29) is 0 Å². The predicted octanol–water partition coefficient (Wildman–Crippen LogP) is 3.83. The molecule has 3 nitrogen and oxygen atoms in total. The van der Waals surface area contributed by atoms with E-state index < -0.39 is 0 Å². The predicted molar refractivity (Wildman–Crippen MR) is 74.5 cm³/mol. The molecule has 0 aromatic carbocycles. The molecule has 6 heteroatoms. The van der Waals surface area contributed by atoms with E-state index in [9.17, 15) is 0 Å². The zero-order valence-corrected chi connectivity index (χ0v) is 12.6. The van der Waals surface area contributed by atoms with Crippen molar-refractivity contribution in [1.29, 1.82) is 0 Å². The number of halogens is 2. The maximum Gasteiger partial charge on any atom is 0.131 e. The fraction of sp³-hybridized carbons (Fsp3) is 0.273. The highest BCUT2D eigenvalue weighted by atomic mass is 79.9. The molecule has 17 heavy (non-hydrogen) atoms. The second-order valence-corrected chi connectivity index (χ2v) is 5.85. The number of thioether (sulfide) groups is 1. The van der Waals surface area contributed by atoms with Crippen LogP contribution in [0.25, 0.3) is 0 Å². The Balaban J connectivity index is 2.09. The van der Waals surface area contributed by atoms with Crippen molar-refractivity contribution in [3.8, 4) is 0 Å². The maximum absolute atomic E-state index is 6.16. The second kappa shape index (κ2) is 5.42. The first-order valence-electron chi connectivity index (χ1n) is 5.00. The van der Waals surface area contributed by atoms with Gasteiger partial charge in [-0.25, -0.2) is 4.98 Å². The van der Waals surface area contributed by atoms with E-state index in [0.29, 0.717) is 5.15 Å². The molecule has 0 radical (unpaired) electrons. The van der Waals surface area contributed by atoms with Crippen LogP contribution in [0.15, 0.2) is 27.8 Å². The molecule has 2 heterocycles. The summed E-state index contributed by atoms with van der Waals surface area (Å²) in [4.78, 5) is 4.31. The highest BCUT2D eigenvalue weighted by Gasteiger charge is 2.11. The summed E-state index contributed by atoms with van der Waals surface area (Å²) in [5.41, 5.74) is 2.05. The van der Waals surface area contributed by atoms with Crippen molar-refractivity contribution in [2.24, 2.45) is 7.05 Å². The van der Waals surface area contributed by atoms with E-state index >= 15 is 0 Å². The minimum absolute atomic E-state index is 0.701. The van der Waals surface area contributed by atoms with Crippen LogP contribution in [-0.2, 0) is 12.8 Å². The molecular formula is C11H11BrClN3S. The van der Waals surface area contributed by atoms with Crippen LogP contribution in [0.3, 0.4) is 0 Å². The van der Waals surface area contributed by atoms with E-state index in [4.69, 9.17) is 11.6 Å². The summed E-state index contributed by atoms with van der Waals surface area (Å²) < 4.78 is 2.68. The third-order valence-electron chi connectivity index (χ3n) is 2.33. The van der Waals surface area contributed by atoms with E-state index in [1.807, 2.05) is 26.1 Å². The molecule has 0 atom stereocenters. The number of aryl methyl sites for hydroxylation is 2. The van der Waals surface area contributed by atoms with Crippen LogP contribution in [-0.4, -0.2) is 14.8 Å². The molecule has 0 saturated heterocycles. The first-order valence-corrected chi connectivity index (χ1v) is 7.16. The third kappa shape index (κ3) is 3.03. The molecule has 0 unspecified atom stereocenters. The highest BCUT2D eigenvalue weighted by molar-refractivity contribution is 9.10. The van der Waals surface area contributed by atoms with Gasteiger partial charge < -0.3 is 0 Å². The van der Waals surface area contributed by atoms with Gasteiger partial charge in [0.25, 0.3) is 0 Å². The van der Waals surface area contributed by atoms with Crippen molar-refractivity contribution < 1.29 is 0 Å². The first kappa shape index (κ1) is 12.9. The Bertz CT molecular complexity index is 524. The number of pyridine rings is 1. The molecule has 0 aliphatic carbocycles. The Kier molecular flexibility index (Phi) is 4.12. The normalized spacial score (nSPS) is 10.8. The van der Waals surface area contributed by atoms with Gasteiger partial charge in [-0.2, -0.15) is 5.10 Å². The van der Waals surface area contributed by atoms with Crippen LogP contribution in [0.2, 0.25) is 5.15 Å². The summed E-state index contributed by atoms with van der Waals surface area (Å²) in [6.07, 6.45) is 1.79. The maximum atomic E-state index is 6.16. The van der Waals surface area contributed by atoms with Gasteiger partial charge in [0, 0.05) is 29.0 Å². The van der Waals surface area contributed by atoms with Crippen molar-refractivity contribution in [3.63, 3.8) is 0 Å². The summed E-state index contributed by atoms with van der Waals surface area (Å²) in [5.74, 6) is 0.785. The van der Waals surface area contributed by atoms with Gasteiger partial charge in [0.2, 0.25) is 0 Å². The van der Waals surface area contributed by atoms with Crippen molar-refractivity contribution in [2.45, 2.75) is 17.7 Å². The van der Waals surface area contributed by atoms with E-state index in [2.05, 4.69) is 26.0 Å². The number of hydrogen-bond donors (Lipinski definition) is 0. The van der Waals surface area contributed by atoms with Crippen LogP contribution in [0.5, 0.6) is 0 Å². The topological polar surface area (TPSA) is 30.7 Å². The molecule has 2 rings (SSSR count). The molecule has 0 aliphatic rings. The molecule has 0 saturated carbocycles. The van der Waals surface area contributed by atoms with E-state index in [1.54, 1.807) is 22.6 Å². The number of nitrogens with zero attached hydrogens (tertiary/aromatic N) is 3. The molecule has 0 N–H and O–H groups in total. The molecule has 0 amide bonds. The van der Waals surface area contributed by atoms with E-state index in [1.165, 1.54) is 0 Å². The Morgan fingerprint density at radius 2 is 2.24 bits per heavy atom. The Morgan fingerprint density at radius 3 is 2.76 bits per heavy atom. The monoisotopic (exact) mass is 331 g/mol. The summed E-state index contributed by atoms with van der Waals surface area (Å²) >= 11 is 11.2. The van der Waals surface area contributed by atoms with Crippen LogP contribution in [0.4, 0.5) is 0 Å². The van der Waals surface area contributed by atoms with Crippen LogP contribution in [0.1, 0.15) is 11.3 Å². The summed E-state index contributed by atoms with van der Waals surface area (Å²) in [7, 11) is 1.85. The highest BCUT2D eigenvalue weighted by Crippen LogP contribution is 2.27. The van der Waals surface area contributed by atoms with Gasteiger partial charge in [-0.15, -0.1) is 11.8 Å². The number of aromatic nitrogens is 3. The Labute approximate surface area is 118 Å². The van der Waals surface area contributed by atoms with E-state index in [0.717, 1.165) is 26.5 Å². The third-order valence-corrected chi connectivity index (χ3v) is 4.25. The molecule has 0 bridgehead atoms. The summed E-state index contributed by atoms with van der Waals surface area (Å²) in [6, 6.07) is 3.96. The quantitative estimate of drug-likeness (QED) is 0.800. The number of hydrogen-bond acceptors (Lipinski definition) is 3. The molecule has 2 aromatic heterocycles. The van der Waals surface area contributed by atoms with Gasteiger partial charge >= 0.3 is 0 Å². The summed E-state index contributed by atoms with van der Waals surface area (Å²) in [5, 5.41) is 5.96. The lowest BCUT2D eigenvalue weighted by atomic mass is 10.3. The van der Waals surface area contributed by atoms with Crippen LogP contribution < -0.4 is 0 Å². The molecule has 2 aromatic rings. The van der Waals surface area contributed by atoms with Gasteiger partial charge in [0.15, 0.2) is 0 Å². The fourth-order valence-electron chi connectivity index (χ4n) is 1.43. The average Bonchev–Trinajstić information content (AvgIpc) is 2.54. The average molecular weight is 333 g/mol. The lowest BCUT2D eigenvalue weighted by Crippen LogP contribution is -1.89. The van der Waals surface area contributed by atoms with Gasteiger partial charge in [0.05, 0.1) is 10.7 Å². The van der Waals surface area contributed by atoms with Gasteiger partial charge in [-0.05, 0) is 35.0 Å². The largest absolute Gasteiger partial charge is 0.257 e. The van der Waals surface area contributed by atoms with Gasteiger partial charge in [-0.1, -0.05) is 11.6 Å². The zero-order chi connectivity index (χ0) is 12.4. The standard InChI is InChI=1S/C11H11BrClN3S/c1-7-9(11(13)16(2)15-7)6-17-10-4-3-8(12)5-14-10/h3-5H,6H2,1-2H3. The molecule has 0 fully saturated rings. The minimum atomic E-state index is 0.701. The van der Waals surface area contributed by atoms with Crippen molar-refractivity contribution >= 4 is 39.3 Å². The summed E-state index contributed by atoms with van der Waals surface area (Å²) in [6.45, 7) is 1.97. The molecular weight excluding hydrogens is 322 g/mol. The SMILES string of the molecule is Cc1nn(C)c(Cl)c1CSc1ccc(Br)cn1. The molecule has 90 valence electrons. The van der Waals surface area contributed by atoms with Crippen molar-refractivity contribution in [2.75, 3.05) is 0 Å². The first-order chi connectivity index (χ1) is 8.08. The second-order valence-electron chi connectivity index (χ2n) is 3.58. The lowest BCUT2D eigenvalue weighted by Gasteiger charge is -2.01. The molecule has 0 spiro atoms. The Morgan fingerprint density at radius 1 is 1.47 bits per heavy atom. The molecule has 0 aliphatic heterocycles. The van der Waals surface area contributed by atoms with Gasteiger partial charge in [0.1, 0.15) is 5.15 Å². The zero-order valence-electron chi connectivity index (χ0n) is 9.44. The van der Waals surface area contributed by atoms with Gasteiger partial charge in [-0.3, -0.25) is 4.68 Å². The van der Waals surface area contributed by atoms with Crippen molar-refractivity contribution in [3.05, 3.63) is 39.2 Å². The lowest BCUT2D eigenvalue weighted by molar-refractivity contribution is 0.757. The van der Waals surface area contributed by atoms with Crippen molar-refractivity contribution in [1.82, 2.24) is 14.8 Å². The minimum Gasteiger partial charge on any atom is -0.257 e. The Hall–Kier alpha value is -0.520. The number of rotatable bonds is 3. The fourth-order valence-corrected chi connectivity index (χ4v) is 2.92.